The summed E-state index contributed by atoms with van der Waals surface area (Å²) in [5, 5.41) is 11.8. The van der Waals surface area contributed by atoms with Crippen molar-refractivity contribution in [2.45, 2.75) is 38.3 Å². The smallest absolute Gasteiger partial charge is 0.233 e. The topological polar surface area (TPSA) is 89.7 Å². The predicted molar refractivity (Wildman–Crippen MR) is 88.3 cm³/mol. The first-order valence-electron chi connectivity index (χ1n) is 7.94. The van der Waals surface area contributed by atoms with Gasteiger partial charge in [-0.05, 0) is 41.0 Å². The molecule has 0 fully saturated rings. The van der Waals surface area contributed by atoms with Crippen molar-refractivity contribution in [3.63, 3.8) is 0 Å². The van der Waals surface area contributed by atoms with E-state index in [0.717, 1.165) is 42.4 Å². The largest absolute Gasteiger partial charge is 0.341 e. The molecule has 1 aromatic carbocycles. The zero-order chi connectivity index (χ0) is 16.5. The third-order valence-electron chi connectivity index (χ3n) is 4.40. The van der Waals surface area contributed by atoms with Gasteiger partial charge in [0.05, 0.1) is 17.6 Å². The molecule has 1 aliphatic rings. The molecule has 8 nitrogen and oxygen atoms in total. The highest BCUT2D eigenvalue weighted by atomic mass is 32.1. The van der Waals surface area contributed by atoms with Crippen LogP contribution in [-0.4, -0.2) is 46.8 Å². The maximum Gasteiger partial charge on any atom is 0.233 e. The Morgan fingerprint density at radius 3 is 3.12 bits per heavy atom. The van der Waals surface area contributed by atoms with Crippen molar-refractivity contribution >= 4 is 28.7 Å². The SMILES string of the molecule is CN(Cc1ccc2nsnc2c1)C(=O)C1CCCCn2nnnc21. The van der Waals surface area contributed by atoms with Gasteiger partial charge in [0.25, 0.3) is 0 Å². The molecule has 0 bridgehead atoms. The highest BCUT2D eigenvalue weighted by Crippen LogP contribution is 2.26. The Kier molecular flexibility index (Phi) is 3.93. The van der Waals surface area contributed by atoms with Crippen molar-refractivity contribution in [1.82, 2.24) is 33.9 Å². The van der Waals surface area contributed by atoms with Crippen molar-refractivity contribution in [1.29, 1.82) is 0 Å². The lowest BCUT2D eigenvalue weighted by atomic mass is 10.0. The minimum Gasteiger partial charge on any atom is -0.341 e. The Labute approximate surface area is 142 Å². The zero-order valence-electron chi connectivity index (χ0n) is 13.3. The Morgan fingerprint density at radius 2 is 2.21 bits per heavy atom. The maximum atomic E-state index is 12.9. The summed E-state index contributed by atoms with van der Waals surface area (Å²) in [6.45, 7) is 1.31. The van der Waals surface area contributed by atoms with E-state index in [1.54, 1.807) is 9.58 Å². The molecule has 3 heterocycles. The number of carbonyl (C=O) groups is 1. The maximum absolute atomic E-state index is 12.9. The first-order valence-corrected chi connectivity index (χ1v) is 8.67. The van der Waals surface area contributed by atoms with E-state index in [2.05, 4.69) is 24.3 Å². The number of nitrogens with zero attached hydrogens (tertiary/aromatic N) is 7. The lowest BCUT2D eigenvalue weighted by Gasteiger charge is -2.22. The van der Waals surface area contributed by atoms with Crippen LogP contribution in [0.25, 0.3) is 11.0 Å². The van der Waals surface area contributed by atoms with E-state index in [1.165, 1.54) is 11.7 Å². The quantitative estimate of drug-likeness (QED) is 0.717. The second-order valence-electron chi connectivity index (χ2n) is 6.09. The fraction of sp³-hybridized carbons (Fsp3) is 0.467. The van der Waals surface area contributed by atoms with Gasteiger partial charge in [-0.3, -0.25) is 4.79 Å². The number of aryl methyl sites for hydroxylation is 1. The summed E-state index contributed by atoms with van der Waals surface area (Å²) in [4.78, 5) is 14.7. The molecule has 3 aromatic rings. The summed E-state index contributed by atoms with van der Waals surface area (Å²) in [5.41, 5.74) is 2.80. The average molecular weight is 343 g/mol. The minimum atomic E-state index is -0.267. The zero-order valence-corrected chi connectivity index (χ0v) is 14.1. The van der Waals surface area contributed by atoms with Gasteiger partial charge >= 0.3 is 0 Å². The van der Waals surface area contributed by atoms with Crippen LogP contribution in [0.4, 0.5) is 0 Å². The molecule has 0 saturated carbocycles. The van der Waals surface area contributed by atoms with Crippen LogP contribution in [0.15, 0.2) is 18.2 Å². The van der Waals surface area contributed by atoms with Crippen LogP contribution in [-0.2, 0) is 17.9 Å². The highest BCUT2D eigenvalue weighted by Gasteiger charge is 2.30. The van der Waals surface area contributed by atoms with Crippen LogP contribution in [0.1, 0.15) is 36.6 Å². The summed E-state index contributed by atoms with van der Waals surface area (Å²) in [6, 6.07) is 5.92. The van der Waals surface area contributed by atoms with Gasteiger partial charge in [-0.1, -0.05) is 12.5 Å². The van der Waals surface area contributed by atoms with Crippen molar-refractivity contribution in [3.8, 4) is 0 Å². The van der Waals surface area contributed by atoms with E-state index in [4.69, 9.17) is 0 Å². The molecule has 0 radical (unpaired) electrons. The molecule has 1 aliphatic heterocycles. The van der Waals surface area contributed by atoms with Crippen LogP contribution in [0.5, 0.6) is 0 Å². The molecule has 4 rings (SSSR count). The summed E-state index contributed by atoms with van der Waals surface area (Å²) >= 11 is 1.20. The van der Waals surface area contributed by atoms with Crippen LogP contribution in [0.3, 0.4) is 0 Å². The van der Waals surface area contributed by atoms with E-state index in [-0.39, 0.29) is 11.8 Å². The number of likely N-dealkylation sites (N-methyl/N-ethyl adjacent to an activating group) is 1. The fourth-order valence-corrected chi connectivity index (χ4v) is 3.65. The normalized spacial score (nSPS) is 17.5. The average Bonchev–Trinajstić information content (AvgIpc) is 3.19. The minimum absolute atomic E-state index is 0.0597. The molecule has 0 spiro atoms. The first kappa shape index (κ1) is 15.1. The van der Waals surface area contributed by atoms with Crippen LogP contribution in [0, 0.1) is 0 Å². The van der Waals surface area contributed by atoms with Gasteiger partial charge in [-0.2, -0.15) is 8.75 Å². The van der Waals surface area contributed by atoms with E-state index < -0.39 is 0 Å². The molecule has 0 aliphatic carbocycles. The summed E-state index contributed by atoms with van der Waals surface area (Å²) in [5.74, 6) is 0.477. The standard InChI is InChI=1S/C15H17N7OS/c1-21(9-10-5-6-12-13(8-10)18-24-17-12)15(23)11-4-2-3-7-22-14(11)16-19-20-22/h5-6,8,11H,2-4,7,9H2,1H3. The van der Waals surface area contributed by atoms with Gasteiger partial charge in [0.2, 0.25) is 5.91 Å². The Hall–Kier alpha value is -2.42. The highest BCUT2D eigenvalue weighted by molar-refractivity contribution is 7.00. The molecule has 124 valence electrons. The van der Waals surface area contributed by atoms with Crippen LogP contribution >= 0.6 is 11.7 Å². The van der Waals surface area contributed by atoms with Gasteiger partial charge < -0.3 is 4.90 Å². The van der Waals surface area contributed by atoms with Gasteiger partial charge in [0.1, 0.15) is 11.0 Å². The first-order chi connectivity index (χ1) is 11.7. The number of tetrazole rings is 1. The molecule has 0 N–H and O–H groups in total. The number of fused-ring (bicyclic) bond motifs is 2. The molecule has 9 heteroatoms. The Morgan fingerprint density at radius 1 is 1.33 bits per heavy atom. The molecule has 24 heavy (non-hydrogen) atoms. The number of carbonyl (C=O) groups excluding carboxylic acids is 1. The molecule has 0 saturated heterocycles. The number of rotatable bonds is 3. The molecule has 2 aromatic heterocycles. The molecule has 1 amide bonds. The lowest BCUT2D eigenvalue weighted by Crippen LogP contribution is -2.32. The molecule has 1 atom stereocenters. The van der Waals surface area contributed by atoms with Crippen LogP contribution < -0.4 is 0 Å². The Bertz CT molecular complexity index is 873. The number of aromatic nitrogens is 6. The molecular formula is C15H17N7OS. The fourth-order valence-electron chi connectivity index (χ4n) is 3.14. The third-order valence-corrected chi connectivity index (χ3v) is 4.95. The van der Waals surface area contributed by atoms with Gasteiger partial charge in [0, 0.05) is 20.1 Å². The number of hydrogen-bond acceptors (Lipinski definition) is 7. The second kappa shape index (κ2) is 6.23. The van der Waals surface area contributed by atoms with Crippen molar-refractivity contribution in [3.05, 3.63) is 29.6 Å². The summed E-state index contributed by atoms with van der Waals surface area (Å²) < 4.78 is 10.2. The van der Waals surface area contributed by atoms with Gasteiger partial charge in [0.15, 0.2) is 5.82 Å². The van der Waals surface area contributed by atoms with Crippen molar-refractivity contribution in [2.24, 2.45) is 0 Å². The summed E-state index contributed by atoms with van der Waals surface area (Å²) in [7, 11) is 1.82. The van der Waals surface area contributed by atoms with Crippen molar-refractivity contribution in [2.75, 3.05) is 7.05 Å². The van der Waals surface area contributed by atoms with E-state index in [9.17, 15) is 4.79 Å². The number of hydrogen-bond donors (Lipinski definition) is 0. The molecule has 1 unspecified atom stereocenters. The Balaban J connectivity index is 1.53. The van der Waals surface area contributed by atoms with Gasteiger partial charge in [-0.15, -0.1) is 5.10 Å². The molecular weight excluding hydrogens is 326 g/mol. The number of amides is 1. The second-order valence-corrected chi connectivity index (χ2v) is 6.62. The summed E-state index contributed by atoms with van der Waals surface area (Å²) in [6.07, 6.45) is 2.78. The van der Waals surface area contributed by atoms with E-state index >= 15 is 0 Å². The number of benzene rings is 1. The van der Waals surface area contributed by atoms with E-state index in [1.807, 2.05) is 25.2 Å². The van der Waals surface area contributed by atoms with E-state index in [0.29, 0.717) is 12.4 Å². The third kappa shape index (κ3) is 2.75. The lowest BCUT2D eigenvalue weighted by molar-refractivity contribution is -0.132. The van der Waals surface area contributed by atoms with Crippen LogP contribution in [0.2, 0.25) is 0 Å². The predicted octanol–water partition coefficient (Wildman–Crippen LogP) is 1.60. The van der Waals surface area contributed by atoms with Gasteiger partial charge in [-0.25, -0.2) is 4.68 Å². The van der Waals surface area contributed by atoms with Crippen molar-refractivity contribution < 1.29 is 4.79 Å². The monoisotopic (exact) mass is 343 g/mol.